The molecule has 3 aromatic carbocycles. The molecule has 1 aliphatic rings. The molecule has 1 saturated heterocycles. The van der Waals surface area contributed by atoms with Gasteiger partial charge in [-0.25, -0.2) is 18.4 Å². The minimum absolute atomic E-state index is 0.0774. The molecule has 2 heterocycles. The summed E-state index contributed by atoms with van der Waals surface area (Å²) in [5.74, 6) is 2.17. The van der Waals surface area contributed by atoms with Gasteiger partial charge >= 0.3 is 0 Å². The van der Waals surface area contributed by atoms with Crippen molar-refractivity contribution in [2.24, 2.45) is 0 Å². The molecule has 9 heteroatoms. The van der Waals surface area contributed by atoms with E-state index in [0.717, 1.165) is 40.8 Å². The lowest BCUT2D eigenvalue weighted by Gasteiger charge is -2.36. The zero-order chi connectivity index (χ0) is 28.1. The summed E-state index contributed by atoms with van der Waals surface area (Å²) >= 11 is 0. The zero-order valence-corrected chi connectivity index (χ0v) is 24.2. The number of nitrogens with one attached hydrogen (secondary N) is 1. The fraction of sp³-hybridized carbons (Fsp3) is 0.355. The van der Waals surface area contributed by atoms with Crippen LogP contribution in [0.15, 0.2) is 77.7 Å². The van der Waals surface area contributed by atoms with Gasteiger partial charge in [0.15, 0.2) is 0 Å². The van der Waals surface area contributed by atoms with E-state index in [0.29, 0.717) is 49.3 Å². The van der Waals surface area contributed by atoms with E-state index in [2.05, 4.69) is 37.1 Å². The Hall–Kier alpha value is -3.53. The normalized spacial score (nSPS) is 15.7. The Bertz CT molecular complexity index is 1550. The van der Waals surface area contributed by atoms with Crippen molar-refractivity contribution >= 4 is 32.4 Å². The Morgan fingerprint density at radius 2 is 1.62 bits per heavy atom. The van der Waals surface area contributed by atoms with Gasteiger partial charge in [-0.05, 0) is 68.3 Å². The standard InChI is InChI=1S/C31H37N5O3S/c1-4-5-22-39-25-14-16-26(17-15-25)40(37,38)36-20-18-35(19-21-36)24(3)30-33-29-13-9-7-11-27(29)31(34-30)32-28-12-8-6-10-23(28)2/h6-17,24H,4-5,18-22H2,1-3H3,(H,32,33,34). The molecule has 0 bridgehead atoms. The molecule has 4 aromatic rings. The number of benzene rings is 3. The van der Waals surface area contributed by atoms with E-state index < -0.39 is 10.0 Å². The van der Waals surface area contributed by atoms with Crippen LogP contribution in [-0.4, -0.2) is 60.4 Å². The van der Waals surface area contributed by atoms with Gasteiger partial charge in [0, 0.05) is 37.3 Å². The van der Waals surface area contributed by atoms with Gasteiger partial charge in [0.1, 0.15) is 17.4 Å². The Balaban J connectivity index is 1.29. The molecule has 0 amide bonds. The monoisotopic (exact) mass is 559 g/mol. The van der Waals surface area contributed by atoms with Crippen LogP contribution in [0.3, 0.4) is 0 Å². The van der Waals surface area contributed by atoms with Crippen LogP contribution in [0.25, 0.3) is 10.9 Å². The third-order valence-corrected chi connectivity index (χ3v) is 9.35. The molecular weight excluding hydrogens is 522 g/mol. The van der Waals surface area contributed by atoms with E-state index in [9.17, 15) is 8.42 Å². The van der Waals surface area contributed by atoms with Gasteiger partial charge in [-0.15, -0.1) is 0 Å². The van der Waals surface area contributed by atoms with Crippen LogP contribution in [-0.2, 0) is 10.0 Å². The number of hydrogen-bond acceptors (Lipinski definition) is 7. The van der Waals surface area contributed by atoms with Crippen LogP contribution in [0, 0.1) is 6.92 Å². The minimum atomic E-state index is -3.58. The Labute approximate surface area is 237 Å². The number of aromatic nitrogens is 2. The van der Waals surface area contributed by atoms with Crippen LogP contribution >= 0.6 is 0 Å². The molecule has 0 spiro atoms. The first-order valence-electron chi connectivity index (χ1n) is 13.9. The highest BCUT2D eigenvalue weighted by Gasteiger charge is 2.31. The average Bonchev–Trinajstić information content (AvgIpc) is 2.98. The number of unbranched alkanes of at least 4 members (excludes halogenated alkanes) is 1. The first-order valence-corrected chi connectivity index (χ1v) is 15.4. The molecule has 0 aliphatic carbocycles. The summed E-state index contributed by atoms with van der Waals surface area (Å²) in [7, 11) is -3.58. The number of rotatable bonds is 10. The van der Waals surface area contributed by atoms with Gasteiger partial charge in [0.25, 0.3) is 0 Å². The van der Waals surface area contributed by atoms with Gasteiger partial charge in [-0.1, -0.05) is 43.7 Å². The molecule has 40 heavy (non-hydrogen) atoms. The first-order chi connectivity index (χ1) is 19.4. The van der Waals surface area contributed by atoms with Gasteiger partial charge in [-0.3, -0.25) is 4.90 Å². The van der Waals surface area contributed by atoms with E-state index in [1.165, 1.54) is 0 Å². The van der Waals surface area contributed by atoms with Crippen molar-refractivity contribution in [3.05, 3.63) is 84.2 Å². The second-order valence-corrected chi connectivity index (χ2v) is 12.1. The second kappa shape index (κ2) is 12.3. The molecular formula is C31H37N5O3S. The van der Waals surface area contributed by atoms with Gasteiger partial charge in [0.05, 0.1) is 23.1 Å². The van der Waals surface area contributed by atoms with Gasteiger partial charge < -0.3 is 10.1 Å². The summed E-state index contributed by atoms with van der Waals surface area (Å²) in [6.45, 7) is 8.89. The molecule has 210 valence electrons. The third-order valence-electron chi connectivity index (χ3n) is 7.44. The van der Waals surface area contributed by atoms with Crippen LogP contribution in [0.4, 0.5) is 11.5 Å². The molecule has 1 fully saturated rings. The van der Waals surface area contributed by atoms with E-state index in [4.69, 9.17) is 14.7 Å². The molecule has 1 N–H and O–H groups in total. The zero-order valence-electron chi connectivity index (χ0n) is 23.4. The number of sulfonamides is 1. The van der Waals surface area contributed by atoms with Crippen LogP contribution in [0.2, 0.25) is 0 Å². The fourth-order valence-electron chi connectivity index (χ4n) is 4.90. The van der Waals surface area contributed by atoms with Crippen LogP contribution in [0.5, 0.6) is 5.75 Å². The number of piperazine rings is 1. The SMILES string of the molecule is CCCCOc1ccc(S(=O)(=O)N2CCN(C(C)c3nc(Nc4ccccc4C)c4ccccc4n3)CC2)cc1. The second-order valence-electron chi connectivity index (χ2n) is 10.2. The maximum Gasteiger partial charge on any atom is 0.243 e. The molecule has 1 aliphatic heterocycles. The third kappa shape index (κ3) is 6.11. The number of aryl methyl sites for hydroxylation is 1. The number of fused-ring (bicyclic) bond motifs is 1. The molecule has 1 unspecified atom stereocenters. The smallest absolute Gasteiger partial charge is 0.243 e. The lowest BCUT2D eigenvalue weighted by atomic mass is 10.1. The predicted octanol–water partition coefficient (Wildman–Crippen LogP) is 5.93. The Morgan fingerprint density at radius 1 is 0.925 bits per heavy atom. The Kier molecular flexibility index (Phi) is 8.63. The molecule has 0 radical (unpaired) electrons. The fourth-order valence-corrected chi connectivity index (χ4v) is 6.33. The van der Waals surface area contributed by atoms with E-state index in [1.807, 2.05) is 42.5 Å². The van der Waals surface area contributed by atoms with Crippen molar-refractivity contribution in [3.8, 4) is 5.75 Å². The van der Waals surface area contributed by atoms with Crippen LogP contribution in [0.1, 0.15) is 44.1 Å². The minimum Gasteiger partial charge on any atom is -0.494 e. The van der Waals surface area contributed by atoms with Crippen molar-refractivity contribution in [1.29, 1.82) is 0 Å². The Morgan fingerprint density at radius 3 is 2.35 bits per heavy atom. The van der Waals surface area contributed by atoms with Crippen molar-refractivity contribution in [2.75, 3.05) is 38.1 Å². The number of ether oxygens (including phenoxy) is 1. The molecule has 1 atom stereocenters. The number of hydrogen-bond donors (Lipinski definition) is 1. The quantitative estimate of drug-likeness (QED) is 0.241. The summed E-state index contributed by atoms with van der Waals surface area (Å²) in [4.78, 5) is 12.4. The number of para-hydroxylation sites is 2. The van der Waals surface area contributed by atoms with Crippen molar-refractivity contribution in [2.45, 2.75) is 44.6 Å². The van der Waals surface area contributed by atoms with Crippen molar-refractivity contribution in [1.82, 2.24) is 19.2 Å². The molecule has 0 saturated carbocycles. The first kappa shape index (κ1) is 28.0. The molecule has 8 nitrogen and oxygen atoms in total. The summed E-state index contributed by atoms with van der Waals surface area (Å²) in [6, 6.07) is 22.8. The largest absolute Gasteiger partial charge is 0.494 e. The van der Waals surface area contributed by atoms with E-state index in [-0.39, 0.29) is 6.04 Å². The van der Waals surface area contributed by atoms with Gasteiger partial charge in [0.2, 0.25) is 10.0 Å². The summed E-state index contributed by atoms with van der Waals surface area (Å²) in [5, 5.41) is 4.47. The van der Waals surface area contributed by atoms with Crippen LogP contribution < -0.4 is 10.1 Å². The predicted molar refractivity (Wildman–Crippen MR) is 160 cm³/mol. The maximum atomic E-state index is 13.3. The summed E-state index contributed by atoms with van der Waals surface area (Å²) < 4.78 is 33.9. The highest BCUT2D eigenvalue weighted by molar-refractivity contribution is 7.89. The number of nitrogens with zero attached hydrogens (tertiary/aromatic N) is 4. The molecule has 1 aromatic heterocycles. The molecule has 5 rings (SSSR count). The van der Waals surface area contributed by atoms with Crippen molar-refractivity contribution < 1.29 is 13.2 Å². The lowest BCUT2D eigenvalue weighted by Crippen LogP contribution is -2.49. The van der Waals surface area contributed by atoms with Crippen molar-refractivity contribution in [3.63, 3.8) is 0 Å². The van der Waals surface area contributed by atoms with Gasteiger partial charge in [-0.2, -0.15) is 4.31 Å². The lowest BCUT2D eigenvalue weighted by molar-refractivity contribution is 0.141. The van der Waals surface area contributed by atoms with E-state index in [1.54, 1.807) is 28.6 Å². The summed E-state index contributed by atoms with van der Waals surface area (Å²) in [6.07, 6.45) is 2.02. The number of anilines is 2. The van der Waals surface area contributed by atoms with E-state index >= 15 is 0 Å². The average molecular weight is 560 g/mol. The summed E-state index contributed by atoms with van der Waals surface area (Å²) in [5.41, 5.74) is 3.01. The highest BCUT2D eigenvalue weighted by atomic mass is 32.2. The maximum absolute atomic E-state index is 13.3. The highest BCUT2D eigenvalue weighted by Crippen LogP contribution is 2.29. The topological polar surface area (TPSA) is 87.7 Å².